The molecule has 1 aliphatic carbocycles. The van der Waals surface area contributed by atoms with Crippen LogP contribution in [0, 0.1) is 5.21 Å². The molecule has 1 atom stereocenters. The highest BCUT2D eigenvalue weighted by Crippen LogP contribution is 2.29. The minimum atomic E-state index is -0.233. The first-order valence-corrected chi connectivity index (χ1v) is 6.05. The average molecular weight is 232 g/mol. The summed E-state index contributed by atoms with van der Waals surface area (Å²) in [5.41, 5.74) is 9.67. The van der Waals surface area contributed by atoms with Crippen molar-refractivity contribution in [3.05, 3.63) is 28.5 Å². The highest BCUT2D eigenvalue weighted by molar-refractivity contribution is 5.95. The molecule has 17 heavy (non-hydrogen) atoms. The second-order valence-electron chi connectivity index (χ2n) is 4.65. The van der Waals surface area contributed by atoms with Crippen LogP contribution in [0.1, 0.15) is 30.4 Å². The molecule has 0 spiro atoms. The number of aryl methyl sites for hydroxylation is 2. The number of hydrogen-bond acceptors (Lipinski definition) is 4. The fourth-order valence-electron chi connectivity index (χ4n) is 2.58. The first-order valence-electron chi connectivity index (χ1n) is 6.05. The van der Waals surface area contributed by atoms with E-state index in [-0.39, 0.29) is 11.1 Å². The van der Waals surface area contributed by atoms with Gasteiger partial charge in [0.25, 0.3) is 5.96 Å². The third-order valence-corrected chi connectivity index (χ3v) is 3.45. The van der Waals surface area contributed by atoms with Gasteiger partial charge in [-0.05, 0) is 48.0 Å². The molecule has 0 radical (unpaired) electrons. The van der Waals surface area contributed by atoms with Crippen molar-refractivity contribution >= 4 is 17.3 Å². The number of hydrogen-bond donors (Lipinski definition) is 3. The van der Waals surface area contributed by atoms with E-state index in [1.807, 2.05) is 6.07 Å². The van der Waals surface area contributed by atoms with Gasteiger partial charge in [0.15, 0.2) is 5.69 Å². The highest BCUT2D eigenvalue weighted by atomic mass is 16.5. The van der Waals surface area contributed by atoms with Gasteiger partial charge in [-0.25, -0.2) is 5.17 Å². The van der Waals surface area contributed by atoms with Gasteiger partial charge in [0.2, 0.25) is 0 Å². The lowest BCUT2D eigenvalue weighted by Crippen LogP contribution is -2.98. The Bertz CT molecular complexity index is 484. The van der Waals surface area contributed by atoms with Crippen molar-refractivity contribution < 1.29 is 5.17 Å². The summed E-state index contributed by atoms with van der Waals surface area (Å²) in [5.74, 6) is 0.191. The predicted molar refractivity (Wildman–Crippen MR) is 66.9 cm³/mol. The summed E-state index contributed by atoms with van der Waals surface area (Å²) in [5, 5.41) is 18.2. The predicted octanol–water partition coefficient (Wildman–Crippen LogP) is 0.625. The van der Waals surface area contributed by atoms with Gasteiger partial charge in [0.05, 0.1) is 0 Å². The number of nitrogens with one attached hydrogen (secondary N) is 2. The fourth-order valence-corrected chi connectivity index (χ4v) is 2.58. The van der Waals surface area contributed by atoms with Crippen molar-refractivity contribution in [2.45, 2.75) is 32.1 Å². The number of benzene rings is 1. The van der Waals surface area contributed by atoms with Gasteiger partial charge < -0.3 is 16.3 Å². The normalized spacial score (nSPS) is 22.9. The molecule has 3 rings (SSSR count). The highest BCUT2D eigenvalue weighted by Gasteiger charge is 2.20. The molecule has 1 unspecified atom stereocenters. The Balaban J connectivity index is 2.06. The molecule has 1 aliphatic heterocycles. The van der Waals surface area contributed by atoms with E-state index >= 15 is 0 Å². The summed E-state index contributed by atoms with van der Waals surface area (Å²) in [6.07, 6.45) is 5.85. The van der Waals surface area contributed by atoms with Crippen LogP contribution >= 0.6 is 0 Å². The molecule has 5 nitrogen and oxygen atoms in total. The summed E-state index contributed by atoms with van der Waals surface area (Å²) in [6, 6.07) is 4.05. The summed E-state index contributed by atoms with van der Waals surface area (Å²) in [4.78, 5) is 0. The molecule has 90 valence electrons. The molecule has 1 aromatic carbocycles. The number of nitrogens with zero attached hydrogens (tertiary/aromatic N) is 1. The van der Waals surface area contributed by atoms with E-state index in [1.54, 1.807) is 0 Å². The third kappa shape index (κ3) is 1.87. The van der Waals surface area contributed by atoms with Gasteiger partial charge in [0, 0.05) is 6.07 Å². The van der Waals surface area contributed by atoms with Crippen molar-refractivity contribution in [3.63, 3.8) is 0 Å². The summed E-state index contributed by atoms with van der Waals surface area (Å²) < 4.78 is 0. The van der Waals surface area contributed by atoms with Crippen LogP contribution in [-0.4, -0.2) is 5.96 Å². The van der Waals surface area contributed by atoms with Crippen molar-refractivity contribution in [2.24, 2.45) is 10.8 Å². The SMILES string of the molecule is NC1=N[NH+]([O-])c2cc3c(cc2N1)CCCCC3. The molecule has 0 aromatic heterocycles. The Labute approximate surface area is 99.9 Å². The van der Waals surface area contributed by atoms with E-state index in [4.69, 9.17) is 5.73 Å². The maximum absolute atomic E-state index is 11.8. The molecule has 0 amide bonds. The number of quaternary nitrogens is 1. The van der Waals surface area contributed by atoms with Gasteiger partial charge in [-0.3, -0.25) is 0 Å². The van der Waals surface area contributed by atoms with Crippen molar-refractivity contribution in [3.8, 4) is 0 Å². The van der Waals surface area contributed by atoms with Crippen molar-refractivity contribution in [2.75, 3.05) is 5.32 Å². The average Bonchev–Trinajstić information content (AvgIpc) is 2.51. The van der Waals surface area contributed by atoms with Gasteiger partial charge in [0.1, 0.15) is 5.69 Å². The monoisotopic (exact) mass is 232 g/mol. The molecule has 0 saturated heterocycles. The topological polar surface area (TPSA) is 77.9 Å². The molecule has 0 bridgehead atoms. The Morgan fingerprint density at radius 1 is 1.18 bits per heavy atom. The molecule has 1 aromatic rings. The Morgan fingerprint density at radius 3 is 2.65 bits per heavy atom. The van der Waals surface area contributed by atoms with E-state index in [2.05, 4.69) is 16.5 Å². The van der Waals surface area contributed by atoms with E-state index < -0.39 is 0 Å². The van der Waals surface area contributed by atoms with Crippen LogP contribution in [0.5, 0.6) is 0 Å². The van der Waals surface area contributed by atoms with Crippen LogP contribution in [0.15, 0.2) is 17.2 Å². The first-order chi connectivity index (χ1) is 8.24. The summed E-state index contributed by atoms with van der Waals surface area (Å²) >= 11 is 0. The van der Waals surface area contributed by atoms with Crippen LogP contribution in [0.2, 0.25) is 0 Å². The van der Waals surface area contributed by atoms with Crippen LogP contribution in [0.25, 0.3) is 0 Å². The minimum absolute atomic E-state index is 0.191. The maximum atomic E-state index is 11.8. The number of guanidine groups is 1. The smallest absolute Gasteiger partial charge is 0.252 e. The van der Waals surface area contributed by atoms with E-state index in [0.717, 1.165) is 18.5 Å². The van der Waals surface area contributed by atoms with Gasteiger partial charge in [-0.1, -0.05) is 6.42 Å². The molecule has 1 heterocycles. The fraction of sp³-hybridized carbons (Fsp3) is 0.417. The third-order valence-electron chi connectivity index (χ3n) is 3.45. The summed E-state index contributed by atoms with van der Waals surface area (Å²) in [7, 11) is 0. The number of fused-ring (bicyclic) bond motifs is 2. The van der Waals surface area contributed by atoms with Crippen molar-refractivity contribution in [1.82, 2.24) is 0 Å². The standard InChI is InChI=1S/C12H16N4O/c13-12-14-10-6-8-4-2-1-3-5-9(8)7-11(10)16(17)15-12/h6-7,16H,1-5H2,(H3,13,14,15). The second-order valence-corrected chi connectivity index (χ2v) is 4.65. The number of nitrogens with two attached hydrogens (primary N) is 1. The van der Waals surface area contributed by atoms with Crippen LogP contribution in [-0.2, 0) is 12.8 Å². The Hall–Kier alpha value is -1.59. The maximum Gasteiger partial charge on any atom is 0.252 e. The molecule has 2 aliphatic rings. The molecule has 0 saturated carbocycles. The molecule has 4 N–H and O–H groups in total. The van der Waals surface area contributed by atoms with Gasteiger partial charge >= 0.3 is 0 Å². The lowest BCUT2D eigenvalue weighted by molar-refractivity contribution is -0.783. The lowest BCUT2D eigenvalue weighted by Gasteiger charge is -2.24. The number of rotatable bonds is 0. The summed E-state index contributed by atoms with van der Waals surface area (Å²) in [6.45, 7) is 0. The van der Waals surface area contributed by atoms with Gasteiger partial charge in [-0.2, -0.15) is 0 Å². The van der Waals surface area contributed by atoms with E-state index in [9.17, 15) is 5.21 Å². The second kappa shape index (κ2) is 4.01. The largest absolute Gasteiger partial charge is 0.601 e. The van der Waals surface area contributed by atoms with Gasteiger partial charge in [-0.15, -0.1) is 0 Å². The van der Waals surface area contributed by atoms with Crippen molar-refractivity contribution in [1.29, 1.82) is 0 Å². The number of anilines is 1. The molecule has 5 heteroatoms. The molecular weight excluding hydrogens is 216 g/mol. The van der Waals surface area contributed by atoms with E-state index in [1.165, 1.54) is 30.4 Å². The first kappa shape index (κ1) is 10.6. The zero-order valence-electron chi connectivity index (χ0n) is 9.62. The Morgan fingerprint density at radius 2 is 1.88 bits per heavy atom. The van der Waals surface area contributed by atoms with Crippen LogP contribution < -0.4 is 16.2 Å². The zero-order chi connectivity index (χ0) is 11.8. The zero-order valence-corrected chi connectivity index (χ0v) is 9.62. The van der Waals surface area contributed by atoms with Crippen LogP contribution in [0.4, 0.5) is 11.4 Å². The van der Waals surface area contributed by atoms with Crippen LogP contribution in [0.3, 0.4) is 0 Å². The lowest BCUT2D eigenvalue weighted by atomic mass is 10.0. The molecular formula is C12H16N4O. The van der Waals surface area contributed by atoms with E-state index in [0.29, 0.717) is 5.69 Å². The quantitative estimate of drug-likeness (QED) is 0.453. The minimum Gasteiger partial charge on any atom is -0.601 e. The molecule has 0 fully saturated rings. The Kier molecular flexibility index (Phi) is 2.49.